The third-order valence-electron chi connectivity index (χ3n) is 4.01. The summed E-state index contributed by atoms with van der Waals surface area (Å²) < 4.78 is 18.5. The molecule has 0 unspecified atom stereocenters. The SMILES string of the molecule is CCC1(CC)NC(=O)N(Cc2ccc(OC)c(F)c2)C1=O. The van der Waals surface area contributed by atoms with Gasteiger partial charge in [-0.25, -0.2) is 9.18 Å². The van der Waals surface area contributed by atoms with Gasteiger partial charge in [-0.15, -0.1) is 0 Å². The van der Waals surface area contributed by atoms with Gasteiger partial charge in [0.05, 0.1) is 13.7 Å². The van der Waals surface area contributed by atoms with Crippen LogP contribution in [0.1, 0.15) is 32.3 Å². The molecule has 2 rings (SSSR count). The molecular weight excluding hydrogens is 275 g/mol. The second-order valence-corrected chi connectivity index (χ2v) is 5.08. The number of halogens is 1. The number of hydrogen-bond acceptors (Lipinski definition) is 3. The molecule has 0 spiro atoms. The molecule has 0 aromatic heterocycles. The van der Waals surface area contributed by atoms with Gasteiger partial charge < -0.3 is 10.1 Å². The number of carbonyl (C=O) groups excluding carboxylic acids is 2. The van der Waals surface area contributed by atoms with Gasteiger partial charge in [-0.2, -0.15) is 0 Å². The molecule has 1 aliphatic heterocycles. The smallest absolute Gasteiger partial charge is 0.325 e. The van der Waals surface area contributed by atoms with Gasteiger partial charge in [-0.05, 0) is 30.5 Å². The van der Waals surface area contributed by atoms with E-state index in [1.165, 1.54) is 19.2 Å². The van der Waals surface area contributed by atoms with Crippen molar-refractivity contribution in [2.75, 3.05) is 7.11 Å². The summed E-state index contributed by atoms with van der Waals surface area (Å²) >= 11 is 0. The predicted octanol–water partition coefficient (Wildman–Crippen LogP) is 2.44. The first-order chi connectivity index (χ1) is 9.97. The van der Waals surface area contributed by atoms with E-state index in [4.69, 9.17) is 4.74 Å². The Morgan fingerprint density at radius 3 is 2.43 bits per heavy atom. The number of amides is 3. The van der Waals surface area contributed by atoms with E-state index in [2.05, 4.69) is 5.32 Å². The van der Waals surface area contributed by atoms with Crippen molar-refractivity contribution in [3.05, 3.63) is 29.6 Å². The van der Waals surface area contributed by atoms with E-state index in [1.54, 1.807) is 6.07 Å². The quantitative estimate of drug-likeness (QED) is 0.849. The van der Waals surface area contributed by atoms with Crippen LogP contribution in [0.3, 0.4) is 0 Å². The molecule has 1 heterocycles. The fourth-order valence-corrected chi connectivity index (χ4v) is 2.54. The van der Waals surface area contributed by atoms with Gasteiger partial charge >= 0.3 is 6.03 Å². The molecule has 1 aromatic carbocycles. The van der Waals surface area contributed by atoms with E-state index in [-0.39, 0.29) is 18.2 Å². The molecule has 114 valence electrons. The molecule has 0 atom stereocenters. The molecular formula is C15H19FN2O3. The highest BCUT2D eigenvalue weighted by atomic mass is 19.1. The fraction of sp³-hybridized carbons (Fsp3) is 0.467. The van der Waals surface area contributed by atoms with Crippen LogP contribution in [0.15, 0.2) is 18.2 Å². The van der Waals surface area contributed by atoms with Crippen LogP contribution in [-0.2, 0) is 11.3 Å². The summed E-state index contributed by atoms with van der Waals surface area (Å²) in [6.45, 7) is 3.77. The number of hydrogen-bond donors (Lipinski definition) is 1. The van der Waals surface area contributed by atoms with E-state index >= 15 is 0 Å². The van der Waals surface area contributed by atoms with Crippen LogP contribution >= 0.6 is 0 Å². The van der Waals surface area contributed by atoms with Crippen LogP contribution in [0.2, 0.25) is 0 Å². The minimum Gasteiger partial charge on any atom is -0.494 e. The lowest BCUT2D eigenvalue weighted by molar-refractivity contribution is -0.132. The summed E-state index contributed by atoms with van der Waals surface area (Å²) in [5, 5.41) is 2.74. The lowest BCUT2D eigenvalue weighted by atomic mass is 9.93. The average Bonchev–Trinajstić information content (AvgIpc) is 2.72. The third kappa shape index (κ3) is 2.57. The average molecular weight is 294 g/mol. The summed E-state index contributed by atoms with van der Waals surface area (Å²) in [5.74, 6) is -0.638. The van der Waals surface area contributed by atoms with Crippen LogP contribution in [0, 0.1) is 5.82 Å². The lowest BCUT2D eigenvalue weighted by Gasteiger charge is -2.23. The van der Waals surface area contributed by atoms with E-state index in [1.807, 2.05) is 13.8 Å². The molecule has 0 saturated carbocycles. The number of rotatable bonds is 5. The Morgan fingerprint density at radius 1 is 1.29 bits per heavy atom. The van der Waals surface area contributed by atoms with Crippen molar-refractivity contribution < 1.29 is 18.7 Å². The van der Waals surface area contributed by atoms with E-state index in [0.29, 0.717) is 18.4 Å². The molecule has 0 aliphatic carbocycles. The van der Waals surface area contributed by atoms with Crippen molar-refractivity contribution in [2.45, 2.75) is 38.8 Å². The Bertz CT molecular complexity index is 570. The minimum absolute atomic E-state index is 0.0489. The van der Waals surface area contributed by atoms with E-state index in [9.17, 15) is 14.0 Å². The fourth-order valence-electron chi connectivity index (χ4n) is 2.54. The van der Waals surface area contributed by atoms with Gasteiger partial charge in [-0.3, -0.25) is 9.69 Å². The Morgan fingerprint density at radius 2 is 1.95 bits per heavy atom. The van der Waals surface area contributed by atoms with E-state index < -0.39 is 17.4 Å². The van der Waals surface area contributed by atoms with Crippen LogP contribution < -0.4 is 10.1 Å². The largest absolute Gasteiger partial charge is 0.494 e. The summed E-state index contributed by atoms with van der Waals surface area (Å²) in [6, 6.07) is 3.97. The van der Waals surface area contributed by atoms with Crippen molar-refractivity contribution in [3.63, 3.8) is 0 Å². The molecule has 6 heteroatoms. The highest BCUT2D eigenvalue weighted by molar-refractivity contribution is 6.06. The summed E-state index contributed by atoms with van der Waals surface area (Å²) in [5.41, 5.74) is -0.290. The molecule has 1 aromatic rings. The third-order valence-corrected chi connectivity index (χ3v) is 4.01. The highest BCUT2D eigenvalue weighted by Gasteiger charge is 2.48. The molecule has 1 fully saturated rings. The van der Waals surface area contributed by atoms with Gasteiger partial charge in [0.2, 0.25) is 0 Å². The van der Waals surface area contributed by atoms with Gasteiger partial charge in [0.1, 0.15) is 5.54 Å². The zero-order valence-corrected chi connectivity index (χ0v) is 12.4. The number of carbonyl (C=O) groups is 2. The van der Waals surface area contributed by atoms with Crippen LogP contribution in [-0.4, -0.2) is 29.5 Å². The van der Waals surface area contributed by atoms with E-state index in [0.717, 1.165) is 4.90 Å². The zero-order chi connectivity index (χ0) is 15.6. The number of imide groups is 1. The summed E-state index contributed by atoms with van der Waals surface area (Å²) in [6.07, 6.45) is 1.06. The number of methoxy groups -OCH3 is 1. The first-order valence-corrected chi connectivity index (χ1v) is 6.94. The highest BCUT2D eigenvalue weighted by Crippen LogP contribution is 2.27. The lowest BCUT2D eigenvalue weighted by Crippen LogP contribution is -2.45. The normalized spacial score (nSPS) is 17.0. The zero-order valence-electron chi connectivity index (χ0n) is 12.4. The molecule has 21 heavy (non-hydrogen) atoms. The van der Waals surface area contributed by atoms with Gasteiger partial charge in [0.25, 0.3) is 5.91 Å². The number of nitrogens with one attached hydrogen (secondary N) is 1. The molecule has 5 nitrogen and oxygen atoms in total. The number of ether oxygens (including phenoxy) is 1. The monoisotopic (exact) mass is 294 g/mol. The first kappa shape index (κ1) is 15.3. The van der Waals surface area contributed by atoms with Crippen molar-refractivity contribution >= 4 is 11.9 Å². The van der Waals surface area contributed by atoms with Crippen LogP contribution in [0.5, 0.6) is 5.75 Å². The Balaban J connectivity index is 2.22. The summed E-state index contributed by atoms with van der Waals surface area (Å²) in [4.78, 5) is 25.6. The Kier molecular flexibility index (Phi) is 4.16. The van der Waals surface area contributed by atoms with Crippen LogP contribution in [0.4, 0.5) is 9.18 Å². The van der Waals surface area contributed by atoms with Gasteiger partial charge in [0.15, 0.2) is 11.6 Å². The predicted molar refractivity (Wildman–Crippen MR) is 75.3 cm³/mol. The molecule has 0 bridgehead atoms. The second kappa shape index (κ2) is 5.71. The number of benzene rings is 1. The van der Waals surface area contributed by atoms with Crippen molar-refractivity contribution in [1.29, 1.82) is 0 Å². The van der Waals surface area contributed by atoms with Crippen LogP contribution in [0.25, 0.3) is 0 Å². The Hall–Kier alpha value is -2.11. The van der Waals surface area contributed by atoms with Crippen molar-refractivity contribution in [1.82, 2.24) is 10.2 Å². The molecule has 0 radical (unpaired) electrons. The maximum Gasteiger partial charge on any atom is 0.325 e. The molecule has 1 N–H and O–H groups in total. The second-order valence-electron chi connectivity index (χ2n) is 5.08. The van der Waals surface area contributed by atoms with Crippen molar-refractivity contribution in [3.8, 4) is 5.75 Å². The molecule has 1 saturated heterocycles. The van der Waals surface area contributed by atoms with Gasteiger partial charge in [0, 0.05) is 0 Å². The standard InChI is InChI=1S/C15H19FN2O3/c1-4-15(5-2)13(19)18(14(20)17-15)9-10-6-7-12(21-3)11(16)8-10/h6-8H,4-5,9H2,1-3H3,(H,17,20). The molecule has 1 aliphatic rings. The Labute approximate surface area is 123 Å². The maximum absolute atomic E-state index is 13.7. The first-order valence-electron chi connectivity index (χ1n) is 6.94. The molecule has 3 amide bonds. The number of nitrogens with zero attached hydrogens (tertiary/aromatic N) is 1. The van der Waals surface area contributed by atoms with Gasteiger partial charge in [-0.1, -0.05) is 19.9 Å². The summed E-state index contributed by atoms with van der Waals surface area (Å²) in [7, 11) is 1.38. The van der Waals surface area contributed by atoms with Crippen molar-refractivity contribution in [2.24, 2.45) is 0 Å². The maximum atomic E-state index is 13.7. The minimum atomic E-state index is -0.831. The number of urea groups is 1. The topological polar surface area (TPSA) is 58.6 Å².